The Balaban J connectivity index is 2.97. The van der Waals surface area contributed by atoms with Crippen molar-refractivity contribution in [2.45, 2.75) is 12.8 Å². The molecule has 0 aliphatic rings. The summed E-state index contributed by atoms with van der Waals surface area (Å²) in [5, 5.41) is 8.31. The van der Waals surface area contributed by atoms with Gasteiger partial charge in [0.05, 0.1) is 7.11 Å². The van der Waals surface area contributed by atoms with Crippen LogP contribution in [-0.4, -0.2) is 28.8 Å². The normalized spacial score (nSPS) is 13.6. The van der Waals surface area contributed by atoms with Crippen LogP contribution < -0.4 is 0 Å². The van der Waals surface area contributed by atoms with Gasteiger partial charge in [0.2, 0.25) is 0 Å². The highest BCUT2D eigenvalue weighted by Crippen LogP contribution is 1.91. The summed E-state index contributed by atoms with van der Waals surface area (Å²) in [5.74, 6) is 0.525. The molecule has 0 aromatic carbocycles. The standard InChI is InChI=1S/C5H12O3S/c1-8-9(7)5-3-2-4-6/h6H,2-5H2,1H3. The molecule has 0 amide bonds. The Labute approximate surface area is 57.7 Å². The molecule has 56 valence electrons. The first-order valence-corrected chi connectivity index (χ1v) is 4.09. The van der Waals surface area contributed by atoms with E-state index in [0.717, 1.165) is 6.42 Å². The van der Waals surface area contributed by atoms with E-state index in [0.29, 0.717) is 12.2 Å². The fourth-order valence-electron chi connectivity index (χ4n) is 0.415. The quantitative estimate of drug-likeness (QED) is 0.567. The van der Waals surface area contributed by atoms with E-state index >= 15 is 0 Å². The number of rotatable bonds is 5. The van der Waals surface area contributed by atoms with Crippen molar-refractivity contribution in [2.24, 2.45) is 0 Å². The minimum absolute atomic E-state index is 0.168. The van der Waals surface area contributed by atoms with Gasteiger partial charge >= 0.3 is 0 Å². The molecule has 0 aliphatic heterocycles. The lowest BCUT2D eigenvalue weighted by Crippen LogP contribution is -1.99. The van der Waals surface area contributed by atoms with Gasteiger partial charge in [-0.05, 0) is 12.8 Å². The van der Waals surface area contributed by atoms with Gasteiger partial charge in [-0.1, -0.05) is 0 Å². The molecule has 1 unspecified atom stereocenters. The zero-order valence-corrected chi connectivity index (χ0v) is 6.32. The summed E-state index contributed by atoms with van der Waals surface area (Å²) in [6, 6.07) is 0. The molecular weight excluding hydrogens is 140 g/mol. The van der Waals surface area contributed by atoms with E-state index in [-0.39, 0.29) is 6.61 Å². The Morgan fingerprint density at radius 1 is 1.56 bits per heavy atom. The average Bonchev–Trinajstić information content (AvgIpc) is 1.89. The lowest BCUT2D eigenvalue weighted by Gasteiger charge is -1.95. The van der Waals surface area contributed by atoms with Gasteiger partial charge in [-0.2, -0.15) is 0 Å². The van der Waals surface area contributed by atoms with Crippen LogP contribution in [0.2, 0.25) is 0 Å². The van der Waals surface area contributed by atoms with Crippen LogP contribution in [0, 0.1) is 0 Å². The Hall–Kier alpha value is 0.0700. The first kappa shape index (κ1) is 9.07. The van der Waals surface area contributed by atoms with E-state index in [1.54, 1.807) is 0 Å². The fourth-order valence-corrected chi connectivity index (χ4v) is 1.02. The first-order valence-electron chi connectivity index (χ1n) is 2.85. The minimum atomic E-state index is -1.14. The number of hydrogen-bond acceptors (Lipinski definition) is 3. The number of unbranched alkanes of at least 4 members (excludes halogenated alkanes) is 1. The molecular formula is C5H12O3S. The molecule has 0 bridgehead atoms. The van der Waals surface area contributed by atoms with Crippen molar-refractivity contribution in [2.75, 3.05) is 19.5 Å². The van der Waals surface area contributed by atoms with Crippen molar-refractivity contribution < 1.29 is 13.5 Å². The van der Waals surface area contributed by atoms with Crippen molar-refractivity contribution in [3.63, 3.8) is 0 Å². The van der Waals surface area contributed by atoms with Gasteiger partial charge in [-0.15, -0.1) is 0 Å². The van der Waals surface area contributed by atoms with Gasteiger partial charge in [0.25, 0.3) is 0 Å². The maximum absolute atomic E-state index is 10.5. The molecule has 0 aromatic heterocycles. The van der Waals surface area contributed by atoms with Crippen LogP contribution in [0.25, 0.3) is 0 Å². The van der Waals surface area contributed by atoms with E-state index < -0.39 is 11.1 Å². The van der Waals surface area contributed by atoms with Gasteiger partial charge in [0.15, 0.2) is 11.1 Å². The van der Waals surface area contributed by atoms with Crippen LogP contribution >= 0.6 is 0 Å². The lowest BCUT2D eigenvalue weighted by atomic mass is 10.4. The molecule has 0 aliphatic carbocycles. The maximum atomic E-state index is 10.5. The molecule has 0 heterocycles. The van der Waals surface area contributed by atoms with E-state index in [9.17, 15) is 4.21 Å². The monoisotopic (exact) mass is 152 g/mol. The molecule has 1 N–H and O–H groups in total. The highest BCUT2D eigenvalue weighted by molar-refractivity contribution is 7.80. The van der Waals surface area contributed by atoms with Crippen molar-refractivity contribution >= 4 is 11.1 Å². The number of hydrogen-bond donors (Lipinski definition) is 1. The van der Waals surface area contributed by atoms with Gasteiger partial charge in [-0.3, -0.25) is 4.18 Å². The predicted octanol–water partition coefficient (Wildman–Crippen LogP) is 0.0690. The van der Waals surface area contributed by atoms with Crippen molar-refractivity contribution in [1.82, 2.24) is 0 Å². The minimum Gasteiger partial charge on any atom is -0.396 e. The largest absolute Gasteiger partial charge is 0.396 e. The zero-order chi connectivity index (χ0) is 7.11. The van der Waals surface area contributed by atoms with Crippen LogP contribution in [-0.2, 0) is 15.3 Å². The summed E-state index contributed by atoms with van der Waals surface area (Å²) in [6.45, 7) is 0.168. The van der Waals surface area contributed by atoms with Crippen LogP contribution in [0.5, 0.6) is 0 Å². The summed E-state index contributed by atoms with van der Waals surface area (Å²) in [5.41, 5.74) is 0. The second kappa shape index (κ2) is 6.19. The maximum Gasteiger partial charge on any atom is 0.155 e. The highest BCUT2D eigenvalue weighted by Gasteiger charge is 1.94. The summed E-state index contributed by atoms with van der Waals surface area (Å²) in [7, 11) is 1.41. The van der Waals surface area contributed by atoms with E-state index in [1.807, 2.05) is 0 Å². The van der Waals surface area contributed by atoms with Gasteiger partial charge in [0.1, 0.15) is 0 Å². The van der Waals surface area contributed by atoms with Crippen molar-refractivity contribution in [3.05, 3.63) is 0 Å². The smallest absolute Gasteiger partial charge is 0.155 e. The summed E-state index contributed by atoms with van der Waals surface area (Å²) in [4.78, 5) is 0. The number of aliphatic hydroxyl groups excluding tert-OH is 1. The summed E-state index contributed by atoms with van der Waals surface area (Å²) < 4.78 is 15.0. The second-order valence-electron chi connectivity index (χ2n) is 1.61. The Morgan fingerprint density at radius 3 is 2.67 bits per heavy atom. The molecule has 0 aromatic rings. The molecule has 4 heteroatoms. The van der Waals surface area contributed by atoms with Crippen LogP contribution in [0.15, 0.2) is 0 Å². The molecule has 3 nitrogen and oxygen atoms in total. The first-order chi connectivity index (χ1) is 4.31. The van der Waals surface area contributed by atoms with Crippen molar-refractivity contribution in [1.29, 1.82) is 0 Å². The Kier molecular flexibility index (Phi) is 6.24. The third kappa shape index (κ3) is 5.95. The SMILES string of the molecule is COS(=O)CCCCO. The van der Waals surface area contributed by atoms with Crippen molar-refractivity contribution in [3.8, 4) is 0 Å². The molecule has 9 heavy (non-hydrogen) atoms. The molecule has 0 spiro atoms. The Morgan fingerprint density at radius 2 is 2.22 bits per heavy atom. The molecule has 0 saturated heterocycles. The van der Waals surface area contributed by atoms with Crippen LogP contribution in [0.1, 0.15) is 12.8 Å². The predicted molar refractivity (Wildman–Crippen MR) is 36.3 cm³/mol. The topological polar surface area (TPSA) is 46.5 Å². The van der Waals surface area contributed by atoms with Gasteiger partial charge in [0, 0.05) is 12.4 Å². The molecule has 1 atom stereocenters. The lowest BCUT2D eigenvalue weighted by molar-refractivity contribution is 0.287. The third-order valence-electron chi connectivity index (χ3n) is 0.905. The van der Waals surface area contributed by atoms with Crippen LogP contribution in [0.4, 0.5) is 0 Å². The average molecular weight is 152 g/mol. The fraction of sp³-hybridized carbons (Fsp3) is 1.00. The molecule has 0 radical (unpaired) electrons. The number of aliphatic hydroxyl groups is 1. The third-order valence-corrected chi connectivity index (χ3v) is 1.90. The second-order valence-corrected chi connectivity index (χ2v) is 2.95. The van der Waals surface area contributed by atoms with Gasteiger partial charge in [-0.25, -0.2) is 4.21 Å². The van der Waals surface area contributed by atoms with E-state index in [1.165, 1.54) is 7.11 Å². The molecule has 0 rings (SSSR count). The zero-order valence-electron chi connectivity index (χ0n) is 5.50. The van der Waals surface area contributed by atoms with E-state index in [2.05, 4.69) is 4.18 Å². The Bertz CT molecular complexity index is 84.3. The van der Waals surface area contributed by atoms with Gasteiger partial charge < -0.3 is 5.11 Å². The summed E-state index contributed by atoms with van der Waals surface area (Å²) in [6.07, 6.45) is 1.46. The molecule has 0 saturated carbocycles. The highest BCUT2D eigenvalue weighted by atomic mass is 32.2. The van der Waals surface area contributed by atoms with E-state index in [4.69, 9.17) is 5.11 Å². The molecule has 0 fully saturated rings. The van der Waals surface area contributed by atoms with Crippen LogP contribution in [0.3, 0.4) is 0 Å². The summed E-state index contributed by atoms with van der Waals surface area (Å²) >= 11 is -1.14.